The van der Waals surface area contributed by atoms with Crippen LogP contribution in [0.3, 0.4) is 0 Å². The zero-order valence-corrected chi connectivity index (χ0v) is 9.28. The summed E-state index contributed by atoms with van der Waals surface area (Å²) in [6, 6.07) is 0. The van der Waals surface area contributed by atoms with Crippen LogP contribution in [-0.4, -0.2) is 0 Å². The maximum atomic E-state index is 6.05. The molecule has 0 amide bonds. The van der Waals surface area contributed by atoms with E-state index in [-0.39, 0.29) is 0 Å². The second kappa shape index (κ2) is 6.30. The highest BCUT2D eigenvalue weighted by molar-refractivity contribution is 6.31. The third kappa shape index (κ3) is 4.61. The Balaban J connectivity index is 4.35. The molecule has 0 saturated heterocycles. The van der Waals surface area contributed by atoms with E-state index < -0.39 is 0 Å². The van der Waals surface area contributed by atoms with Gasteiger partial charge in [0.2, 0.25) is 0 Å². The van der Waals surface area contributed by atoms with E-state index in [0.29, 0.717) is 5.92 Å². The fourth-order valence-electron chi connectivity index (χ4n) is 1.15. The number of rotatable bonds is 4. The second-order valence-electron chi connectivity index (χ2n) is 3.37. The molecule has 0 aromatic carbocycles. The van der Waals surface area contributed by atoms with Crippen molar-refractivity contribution >= 4 is 11.6 Å². The van der Waals surface area contributed by atoms with Crippen LogP contribution in [0.25, 0.3) is 0 Å². The summed E-state index contributed by atoms with van der Waals surface area (Å²) >= 11 is 6.05. The third-order valence-corrected chi connectivity index (χ3v) is 2.10. The Bertz CT molecular complexity index is 175. The van der Waals surface area contributed by atoms with Gasteiger partial charge in [-0.05, 0) is 31.3 Å². The fourth-order valence-corrected chi connectivity index (χ4v) is 1.30. The highest BCUT2D eigenvalue weighted by atomic mass is 35.5. The Morgan fingerprint density at radius 3 is 2.33 bits per heavy atom. The Morgan fingerprint density at radius 2 is 2.00 bits per heavy atom. The molecule has 0 unspecified atom stereocenters. The van der Waals surface area contributed by atoms with Crippen LogP contribution < -0.4 is 0 Å². The lowest BCUT2D eigenvalue weighted by atomic mass is 10.0. The number of allylic oxidation sites excluding steroid dienone is 4. The van der Waals surface area contributed by atoms with Gasteiger partial charge in [0.25, 0.3) is 0 Å². The van der Waals surface area contributed by atoms with Gasteiger partial charge < -0.3 is 0 Å². The third-order valence-electron chi connectivity index (χ3n) is 1.64. The van der Waals surface area contributed by atoms with E-state index in [2.05, 4.69) is 26.8 Å². The van der Waals surface area contributed by atoms with Crippen molar-refractivity contribution in [1.29, 1.82) is 0 Å². The molecule has 70 valence electrons. The lowest BCUT2D eigenvalue weighted by molar-refractivity contribution is 0.647. The maximum Gasteiger partial charge on any atom is 0.0392 e. The fraction of sp³-hybridized carbons (Fsp3) is 0.636. The van der Waals surface area contributed by atoms with E-state index in [9.17, 15) is 0 Å². The van der Waals surface area contributed by atoms with E-state index in [0.717, 1.165) is 17.9 Å². The van der Waals surface area contributed by atoms with Gasteiger partial charge in [-0.2, -0.15) is 0 Å². The lowest BCUT2D eigenvalue weighted by Gasteiger charge is -2.08. The summed E-state index contributed by atoms with van der Waals surface area (Å²) in [6.45, 7) is 8.54. The summed E-state index contributed by atoms with van der Waals surface area (Å²) in [4.78, 5) is 0. The molecule has 0 rings (SSSR count). The van der Waals surface area contributed by atoms with Crippen molar-refractivity contribution in [3.63, 3.8) is 0 Å². The van der Waals surface area contributed by atoms with E-state index in [1.165, 1.54) is 5.57 Å². The molecule has 0 aromatic rings. The average molecular weight is 187 g/mol. The molecule has 0 saturated carbocycles. The summed E-state index contributed by atoms with van der Waals surface area (Å²) in [6.07, 6.45) is 6.32. The molecule has 0 aromatic heterocycles. The lowest BCUT2D eigenvalue weighted by Crippen LogP contribution is -1.92. The molecular weight excluding hydrogens is 168 g/mol. The molecule has 0 heterocycles. The highest BCUT2D eigenvalue weighted by Gasteiger charge is 2.03. The molecule has 1 heteroatoms. The van der Waals surface area contributed by atoms with Gasteiger partial charge in [0.1, 0.15) is 0 Å². The molecule has 0 bridgehead atoms. The van der Waals surface area contributed by atoms with Crippen LogP contribution >= 0.6 is 11.6 Å². The van der Waals surface area contributed by atoms with Crippen molar-refractivity contribution in [3.05, 3.63) is 22.8 Å². The Hall–Kier alpha value is -0.230. The predicted octanol–water partition coefficient (Wildman–Crippen LogP) is 4.51. The molecular formula is C11H19Cl. The Labute approximate surface area is 81.3 Å². The van der Waals surface area contributed by atoms with Gasteiger partial charge in [0.05, 0.1) is 0 Å². The number of hydrogen-bond donors (Lipinski definition) is 0. The summed E-state index contributed by atoms with van der Waals surface area (Å²) in [5.41, 5.74) is 1.29. The minimum Gasteiger partial charge on any atom is -0.0844 e. The SMILES string of the molecule is C/C=C(Cl)\C(=C/CC)CC(C)C. The predicted molar refractivity (Wildman–Crippen MR) is 57.4 cm³/mol. The van der Waals surface area contributed by atoms with Gasteiger partial charge in [0.15, 0.2) is 0 Å². The average Bonchev–Trinajstić information content (AvgIpc) is 2.01. The van der Waals surface area contributed by atoms with Gasteiger partial charge >= 0.3 is 0 Å². The molecule has 0 nitrogen and oxygen atoms in total. The molecule has 0 N–H and O–H groups in total. The first-order valence-corrected chi connectivity index (χ1v) is 5.00. The smallest absolute Gasteiger partial charge is 0.0392 e. The first-order valence-electron chi connectivity index (χ1n) is 4.63. The highest BCUT2D eigenvalue weighted by Crippen LogP contribution is 2.22. The van der Waals surface area contributed by atoms with Crippen LogP contribution in [0.4, 0.5) is 0 Å². The van der Waals surface area contributed by atoms with Crippen molar-refractivity contribution in [2.45, 2.75) is 40.5 Å². The number of hydrogen-bond acceptors (Lipinski definition) is 0. The van der Waals surface area contributed by atoms with Crippen molar-refractivity contribution in [1.82, 2.24) is 0 Å². The van der Waals surface area contributed by atoms with E-state index >= 15 is 0 Å². The molecule has 0 aliphatic heterocycles. The summed E-state index contributed by atoms with van der Waals surface area (Å²) in [5.74, 6) is 0.677. The quantitative estimate of drug-likeness (QED) is 0.567. The van der Waals surface area contributed by atoms with Crippen LogP contribution in [0, 0.1) is 5.92 Å². The number of halogens is 1. The summed E-state index contributed by atoms with van der Waals surface area (Å²) < 4.78 is 0. The molecule has 0 radical (unpaired) electrons. The van der Waals surface area contributed by atoms with Crippen LogP contribution in [0.1, 0.15) is 40.5 Å². The maximum absolute atomic E-state index is 6.05. The van der Waals surface area contributed by atoms with Gasteiger partial charge in [-0.25, -0.2) is 0 Å². The van der Waals surface area contributed by atoms with Crippen LogP contribution in [0.15, 0.2) is 22.8 Å². The van der Waals surface area contributed by atoms with Crippen molar-refractivity contribution < 1.29 is 0 Å². The van der Waals surface area contributed by atoms with Gasteiger partial charge in [-0.3, -0.25) is 0 Å². The molecule has 0 aliphatic rings. The van der Waals surface area contributed by atoms with Crippen molar-refractivity contribution in [3.8, 4) is 0 Å². The molecule has 0 aliphatic carbocycles. The largest absolute Gasteiger partial charge is 0.0844 e. The summed E-state index contributed by atoms with van der Waals surface area (Å²) in [7, 11) is 0. The normalized spacial score (nSPS) is 14.2. The standard InChI is InChI=1S/C11H19Cl/c1-5-7-10(8-9(3)4)11(12)6-2/h6-7,9H,5,8H2,1-4H3/b10-7-,11-6+. The van der Waals surface area contributed by atoms with Crippen molar-refractivity contribution in [2.24, 2.45) is 5.92 Å². The second-order valence-corrected chi connectivity index (χ2v) is 3.78. The summed E-state index contributed by atoms with van der Waals surface area (Å²) in [5, 5.41) is 0.908. The van der Waals surface area contributed by atoms with E-state index in [1.807, 2.05) is 13.0 Å². The minimum atomic E-state index is 0.677. The van der Waals surface area contributed by atoms with Crippen molar-refractivity contribution in [2.75, 3.05) is 0 Å². The Morgan fingerprint density at radius 1 is 1.42 bits per heavy atom. The van der Waals surface area contributed by atoms with Gasteiger partial charge in [-0.15, -0.1) is 0 Å². The van der Waals surface area contributed by atoms with E-state index in [4.69, 9.17) is 11.6 Å². The molecule has 0 spiro atoms. The first-order chi connectivity index (χ1) is 5.61. The van der Waals surface area contributed by atoms with Crippen LogP contribution in [-0.2, 0) is 0 Å². The molecule has 0 atom stereocenters. The van der Waals surface area contributed by atoms with Gasteiger partial charge in [0, 0.05) is 5.03 Å². The zero-order chi connectivity index (χ0) is 9.56. The first kappa shape index (κ1) is 11.8. The molecule has 0 fully saturated rings. The van der Waals surface area contributed by atoms with Crippen LogP contribution in [0.5, 0.6) is 0 Å². The zero-order valence-electron chi connectivity index (χ0n) is 8.52. The van der Waals surface area contributed by atoms with Gasteiger partial charge in [-0.1, -0.05) is 44.5 Å². The van der Waals surface area contributed by atoms with Crippen LogP contribution in [0.2, 0.25) is 0 Å². The minimum absolute atomic E-state index is 0.677. The molecule has 12 heavy (non-hydrogen) atoms. The Kier molecular flexibility index (Phi) is 6.18. The van der Waals surface area contributed by atoms with E-state index in [1.54, 1.807) is 0 Å². The monoisotopic (exact) mass is 186 g/mol. The topological polar surface area (TPSA) is 0 Å².